The summed E-state index contributed by atoms with van der Waals surface area (Å²) in [6.07, 6.45) is 1.78. The SMILES string of the molecule is Nc1ccc2c(N3CCOCC3CO)ccnc2c1. The van der Waals surface area contributed by atoms with Crippen molar-refractivity contribution in [2.75, 3.05) is 37.0 Å². The highest BCUT2D eigenvalue weighted by Crippen LogP contribution is 2.29. The molecule has 3 rings (SSSR count). The van der Waals surface area contributed by atoms with Crippen LogP contribution in [0, 0.1) is 0 Å². The van der Waals surface area contributed by atoms with Crippen molar-refractivity contribution in [1.82, 2.24) is 4.98 Å². The molecule has 1 fully saturated rings. The van der Waals surface area contributed by atoms with Gasteiger partial charge in [0.15, 0.2) is 0 Å². The second-order valence-electron chi connectivity index (χ2n) is 4.71. The number of hydrogen-bond donors (Lipinski definition) is 2. The van der Waals surface area contributed by atoms with Crippen LogP contribution in [0.15, 0.2) is 30.5 Å². The lowest BCUT2D eigenvalue weighted by Crippen LogP contribution is -2.47. The average molecular weight is 259 g/mol. The molecule has 0 bridgehead atoms. The molecule has 1 aliphatic rings. The van der Waals surface area contributed by atoms with Gasteiger partial charge in [0.25, 0.3) is 0 Å². The lowest BCUT2D eigenvalue weighted by Gasteiger charge is -2.36. The van der Waals surface area contributed by atoms with Crippen molar-refractivity contribution in [3.8, 4) is 0 Å². The third-order valence-electron chi connectivity index (χ3n) is 3.49. The summed E-state index contributed by atoms with van der Waals surface area (Å²) in [7, 11) is 0. The number of anilines is 2. The molecule has 1 aliphatic heterocycles. The van der Waals surface area contributed by atoms with E-state index in [1.54, 1.807) is 6.20 Å². The van der Waals surface area contributed by atoms with Gasteiger partial charge in [-0.2, -0.15) is 0 Å². The molecule has 0 spiro atoms. The zero-order chi connectivity index (χ0) is 13.2. The number of nitrogen functional groups attached to an aromatic ring is 1. The molecule has 1 unspecified atom stereocenters. The van der Waals surface area contributed by atoms with Gasteiger partial charge in [0.2, 0.25) is 0 Å². The van der Waals surface area contributed by atoms with Gasteiger partial charge < -0.3 is 20.5 Å². The molecule has 0 radical (unpaired) electrons. The second-order valence-corrected chi connectivity index (χ2v) is 4.71. The minimum absolute atomic E-state index is 0.00287. The Morgan fingerprint density at radius 2 is 2.32 bits per heavy atom. The highest BCUT2D eigenvalue weighted by Gasteiger charge is 2.23. The Bertz CT molecular complexity index is 588. The fraction of sp³-hybridized carbons (Fsp3) is 0.357. The van der Waals surface area contributed by atoms with Gasteiger partial charge in [-0.3, -0.25) is 4.98 Å². The van der Waals surface area contributed by atoms with Gasteiger partial charge in [0.1, 0.15) is 0 Å². The topological polar surface area (TPSA) is 71.6 Å². The first-order valence-corrected chi connectivity index (χ1v) is 6.39. The van der Waals surface area contributed by atoms with Crippen molar-refractivity contribution in [2.45, 2.75) is 6.04 Å². The number of aliphatic hydroxyl groups is 1. The Hall–Kier alpha value is -1.85. The van der Waals surface area contributed by atoms with Crippen molar-refractivity contribution in [3.63, 3.8) is 0 Å². The van der Waals surface area contributed by atoms with Crippen LogP contribution in [0.1, 0.15) is 0 Å². The zero-order valence-electron chi connectivity index (χ0n) is 10.6. The van der Waals surface area contributed by atoms with Crippen molar-refractivity contribution in [3.05, 3.63) is 30.5 Å². The molecule has 5 nitrogen and oxygen atoms in total. The van der Waals surface area contributed by atoms with Crippen LogP contribution in [0.4, 0.5) is 11.4 Å². The maximum atomic E-state index is 9.48. The van der Waals surface area contributed by atoms with Crippen LogP contribution in [-0.4, -0.2) is 42.5 Å². The van der Waals surface area contributed by atoms with E-state index in [0.29, 0.717) is 18.9 Å². The Balaban J connectivity index is 2.08. The van der Waals surface area contributed by atoms with Crippen LogP contribution in [0.3, 0.4) is 0 Å². The van der Waals surface area contributed by atoms with Crippen LogP contribution in [0.2, 0.25) is 0 Å². The number of ether oxygens (including phenoxy) is 1. The molecule has 1 aromatic heterocycles. The van der Waals surface area contributed by atoms with Crippen molar-refractivity contribution < 1.29 is 9.84 Å². The van der Waals surface area contributed by atoms with E-state index in [1.807, 2.05) is 24.3 Å². The van der Waals surface area contributed by atoms with Crippen LogP contribution in [0.5, 0.6) is 0 Å². The number of nitrogens with zero attached hydrogens (tertiary/aromatic N) is 2. The van der Waals surface area contributed by atoms with E-state index < -0.39 is 0 Å². The molecular weight excluding hydrogens is 242 g/mol. The number of nitrogens with two attached hydrogens (primary N) is 1. The summed E-state index contributed by atoms with van der Waals surface area (Å²) >= 11 is 0. The van der Waals surface area contributed by atoms with Crippen LogP contribution < -0.4 is 10.6 Å². The molecule has 0 amide bonds. The predicted molar refractivity (Wildman–Crippen MR) is 75.2 cm³/mol. The zero-order valence-corrected chi connectivity index (χ0v) is 10.6. The molecular formula is C14H17N3O2. The van der Waals surface area contributed by atoms with E-state index in [0.717, 1.165) is 23.1 Å². The minimum Gasteiger partial charge on any atom is -0.399 e. The summed E-state index contributed by atoms with van der Waals surface area (Å²) in [5, 5.41) is 10.5. The normalized spacial score (nSPS) is 19.8. The molecule has 1 aromatic carbocycles. The predicted octanol–water partition coefficient (Wildman–Crippen LogP) is 1.01. The van der Waals surface area contributed by atoms with Gasteiger partial charge in [-0.25, -0.2) is 0 Å². The molecule has 2 aromatic rings. The lowest BCUT2D eigenvalue weighted by molar-refractivity contribution is 0.0728. The van der Waals surface area contributed by atoms with Crippen LogP contribution in [0.25, 0.3) is 10.9 Å². The maximum absolute atomic E-state index is 9.48. The molecule has 19 heavy (non-hydrogen) atoms. The molecule has 1 saturated heterocycles. The Morgan fingerprint density at radius 1 is 1.42 bits per heavy atom. The van der Waals surface area contributed by atoms with Gasteiger partial charge >= 0.3 is 0 Å². The lowest BCUT2D eigenvalue weighted by atomic mass is 10.1. The summed E-state index contributed by atoms with van der Waals surface area (Å²) in [6.45, 7) is 2.08. The highest BCUT2D eigenvalue weighted by atomic mass is 16.5. The van der Waals surface area contributed by atoms with E-state index in [-0.39, 0.29) is 12.6 Å². The number of aliphatic hydroxyl groups excluding tert-OH is 1. The van der Waals surface area contributed by atoms with Gasteiger partial charge in [-0.05, 0) is 24.3 Å². The Morgan fingerprint density at radius 3 is 3.16 bits per heavy atom. The molecule has 5 heteroatoms. The summed E-state index contributed by atoms with van der Waals surface area (Å²) in [5.74, 6) is 0. The molecule has 1 atom stereocenters. The first kappa shape index (κ1) is 12.2. The first-order valence-electron chi connectivity index (χ1n) is 6.39. The molecule has 2 heterocycles. The first-order chi connectivity index (χ1) is 9.29. The number of fused-ring (bicyclic) bond motifs is 1. The average Bonchev–Trinajstić information content (AvgIpc) is 2.46. The summed E-state index contributed by atoms with van der Waals surface area (Å²) in [5.41, 5.74) is 8.45. The molecule has 100 valence electrons. The molecule has 0 aliphatic carbocycles. The van der Waals surface area contributed by atoms with E-state index in [4.69, 9.17) is 10.5 Å². The third kappa shape index (κ3) is 2.22. The summed E-state index contributed by atoms with van der Waals surface area (Å²) in [4.78, 5) is 6.53. The highest BCUT2D eigenvalue weighted by molar-refractivity contribution is 5.93. The number of pyridine rings is 1. The van der Waals surface area contributed by atoms with Crippen molar-refractivity contribution >= 4 is 22.3 Å². The number of benzene rings is 1. The molecule has 0 saturated carbocycles. The van der Waals surface area contributed by atoms with Crippen LogP contribution in [-0.2, 0) is 4.74 Å². The van der Waals surface area contributed by atoms with Gasteiger partial charge in [-0.15, -0.1) is 0 Å². The van der Waals surface area contributed by atoms with Crippen molar-refractivity contribution in [1.29, 1.82) is 0 Å². The quantitative estimate of drug-likeness (QED) is 0.788. The second kappa shape index (κ2) is 5.03. The van der Waals surface area contributed by atoms with E-state index in [9.17, 15) is 5.11 Å². The smallest absolute Gasteiger partial charge is 0.0755 e. The standard InChI is InChI=1S/C14H17N3O2/c15-10-1-2-12-13(7-10)16-4-3-14(12)17-5-6-19-9-11(17)8-18/h1-4,7,11,18H,5-6,8-9,15H2. The third-order valence-corrected chi connectivity index (χ3v) is 3.49. The maximum Gasteiger partial charge on any atom is 0.0755 e. The van der Waals surface area contributed by atoms with Crippen molar-refractivity contribution in [2.24, 2.45) is 0 Å². The fourth-order valence-electron chi connectivity index (χ4n) is 2.52. The Labute approximate surface area is 111 Å². The van der Waals surface area contributed by atoms with Gasteiger partial charge in [0.05, 0.1) is 31.4 Å². The van der Waals surface area contributed by atoms with E-state index in [2.05, 4.69) is 9.88 Å². The van der Waals surface area contributed by atoms with Gasteiger partial charge in [-0.1, -0.05) is 0 Å². The molecule has 3 N–H and O–H groups in total. The van der Waals surface area contributed by atoms with Crippen LogP contribution >= 0.6 is 0 Å². The van der Waals surface area contributed by atoms with Gasteiger partial charge in [0, 0.05) is 29.5 Å². The number of morpholine rings is 1. The number of hydrogen-bond acceptors (Lipinski definition) is 5. The summed E-state index contributed by atoms with van der Waals surface area (Å²) in [6, 6.07) is 7.70. The minimum atomic E-state index is -0.00287. The number of aromatic nitrogens is 1. The summed E-state index contributed by atoms with van der Waals surface area (Å²) < 4.78 is 5.42. The monoisotopic (exact) mass is 259 g/mol. The fourth-order valence-corrected chi connectivity index (χ4v) is 2.52. The largest absolute Gasteiger partial charge is 0.399 e. The number of rotatable bonds is 2. The van der Waals surface area contributed by atoms with E-state index >= 15 is 0 Å². The Kier molecular flexibility index (Phi) is 3.23. The van der Waals surface area contributed by atoms with E-state index in [1.165, 1.54) is 0 Å².